The number of Topliss-reactive ketones (excluding diaryl/α,β-unsaturated/α-hetero) is 1. The van der Waals surface area contributed by atoms with Gasteiger partial charge in [0.25, 0.3) is 0 Å². The number of primary amides is 1. The molecule has 0 radical (unpaired) electrons. The molecule has 124 valence electrons. The first-order valence-corrected chi connectivity index (χ1v) is 8.19. The Labute approximate surface area is 148 Å². The molecule has 0 aliphatic carbocycles. The Balaban J connectivity index is 1.81. The molecule has 0 bridgehead atoms. The highest BCUT2D eigenvalue weighted by Crippen LogP contribution is 2.12. The van der Waals surface area contributed by atoms with Crippen LogP contribution in [-0.4, -0.2) is 17.6 Å². The van der Waals surface area contributed by atoms with Crippen molar-refractivity contribution in [2.75, 3.05) is 0 Å². The number of benzene rings is 2. The number of halogens is 1. The SMILES string of the molecule is NC(=O)c1cccc(CNC(=O)CCC(=O)c2ccc(Br)cc2)c1. The second kappa shape index (κ2) is 8.40. The summed E-state index contributed by atoms with van der Waals surface area (Å²) in [5, 5.41) is 2.73. The maximum Gasteiger partial charge on any atom is 0.248 e. The molecule has 3 N–H and O–H groups in total. The highest BCUT2D eigenvalue weighted by Gasteiger charge is 2.09. The van der Waals surface area contributed by atoms with Gasteiger partial charge >= 0.3 is 0 Å². The molecule has 2 amide bonds. The van der Waals surface area contributed by atoms with E-state index in [4.69, 9.17) is 5.73 Å². The van der Waals surface area contributed by atoms with Crippen molar-refractivity contribution >= 4 is 33.5 Å². The fraction of sp³-hybridized carbons (Fsp3) is 0.167. The van der Waals surface area contributed by atoms with Crippen LogP contribution >= 0.6 is 15.9 Å². The lowest BCUT2D eigenvalue weighted by Gasteiger charge is -2.06. The zero-order valence-electron chi connectivity index (χ0n) is 12.9. The molecule has 0 saturated carbocycles. The van der Waals surface area contributed by atoms with Crippen LogP contribution in [0.3, 0.4) is 0 Å². The lowest BCUT2D eigenvalue weighted by Crippen LogP contribution is -2.23. The molecular weight excluding hydrogens is 372 g/mol. The van der Waals surface area contributed by atoms with Crippen molar-refractivity contribution < 1.29 is 14.4 Å². The fourth-order valence-electron chi connectivity index (χ4n) is 2.13. The van der Waals surface area contributed by atoms with Crippen molar-refractivity contribution in [2.24, 2.45) is 5.73 Å². The first-order valence-electron chi connectivity index (χ1n) is 7.40. The second-order valence-corrected chi connectivity index (χ2v) is 6.19. The predicted octanol–water partition coefficient (Wildman–Crippen LogP) is 2.83. The monoisotopic (exact) mass is 388 g/mol. The number of amides is 2. The zero-order valence-corrected chi connectivity index (χ0v) is 14.5. The second-order valence-electron chi connectivity index (χ2n) is 5.27. The molecule has 0 aliphatic heterocycles. The summed E-state index contributed by atoms with van der Waals surface area (Å²) in [4.78, 5) is 35.0. The van der Waals surface area contributed by atoms with E-state index in [1.165, 1.54) is 0 Å². The summed E-state index contributed by atoms with van der Waals surface area (Å²) < 4.78 is 0.898. The Morgan fingerprint density at radius 3 is 2.33 bits per heavy atom. The van der Waals surface area contributed by atoms with E-state index in [2.05, 4.69) is 21.2 Å². The van der Waals surface area contributed by atoms with Gasteiger partial charge < -0.3 is 11.1 Å². The van der Waals surface area contributed by atoms with E-state index in [0.717, 1.165) is 10.0 Å². The minimum atomic E-state index is -0.511. The zero-order chi connectivity index (χ0) is 17.5. The average Bonchev–Trinajstić information content (AvgIpc) is 2.58. The predicted molar refractivity (Wildman–Crippen MR) is 94.5 cm³/mol. The third-order valence-electron chi connectivity index (χ3n) is 3.45. The molecule has 2 aromatic rings. The van der Waals surface area contributed by atoms with Gasteiger partial charge in [-0.15, -0.1) is 0 Å². The molecule has 0 aromatic heterocycles. The van der Waals surface area contributed by atoms with E-state index in [-0.39, 0.29) is 31.1 Å². The Morgan fingerprint density at radius 1 is 0.958 bits per heavy atom. The van der Waals surface area contributed by atoms with Gasteiger partial charge in [-0.3, -0.25) is 14.4 Å². The van der Waals surface area contributed by atoms with Crippen molar-refractivity contribution in [3.63, 3.8) is 0 Å². The van der Waals surface area contributed by atoms with E-state index >= 15 is 0 Å². The molecule has 24 heavy (non-hydrogen) atoms. The number of ketones is 1. The van der Waals surface area contributed by atoms with Crippen LogP contribution in [0, 0.1) is 0 Å². The Hall–Kier alpha value is -2.47. The number of nitrogens with two attached hydrogens (primary N) is 1. The van der Waals surface area contributed by atoms with Crippen LogP contribution in [0.2, 0.25) is 0 Å². The third-order valence-corrected chi connectivity index (χ3v) is 3.98. The number of carbonyl (C=O) groups excluding carboxylic acids is 3. The molecule has 0 saturated heterocycles. The summed E-state index contributed by atoms with van der Waals surface area (Å²) in [5.41, 5.74) is 6.97. The molecular formula is C18H17BrN2O3. The van der Waals surface area contributed by atoms with Gasteiger partial charge in [-0.1, -0.05) is 40.2 Å². The Bertz CT molecular complexity index is 757. The summed E-state index contributed by atoms with van der Waals surface area (Å²) in [6.07, 6.45) is 0.263. The lowest BCUT2D eigenvalue weighted by atomic mass is 10.1. The molecule has 0 aliphatic rings. The van der Waals surface area contributed by atoms with Gasteiger partial charge in [0.2, 0.25) is 11.8 Å². The van der Waals surface area contributed by atoms with Crippen LogP contribution in [-0.2, 0) is 11.3 Å². The molecule has 5 nitrogen and oxygen atoms in total. The van der Waals surface area contributed by atoms with E-state index in [1.807, 2.05) is 0 Å². The standard InChI is InChI=1S/C18H17BrN2O3/c19-15-6-4-13(5-7-15)16(22)8-9-17(23)21-11-12-2-1-3-14(10-12)18(20)24/h1-7,10H,8-9,11H2,(H2,20,24)(H,21,23). The van der Waals surface area contributed by atoms with Crippen LogP contribution in [0.4, 0.5) is 0 Å². The topological polar surface area (TPSA) is 89.3 Å². The number of hydrogen-bond acceptors (Lipinski definition) is 3. The largest absolute Gasteiger partial charge is 0.366 e. The fourth-order valence-corrected chi connectivity index (χ4v) is 2.40. The van der Waals surface area contributed by atoms with Crippen LogP contribution in [0.15, 0.2) is 53.0 Å². The highest BCUT2D eigenvalue weighted by molar-refractivity contribution is 9.10. The Kier molecular flexibility index (Phi) is 6.26. The molecule has 0 fully saturated rings. The van der Waals surface area contributed by atoms with E-state index in [0.29, 0.717) is 11.1 Å². The van der Waals surface area contributed by atoms with Gasteiger partial charge in [0.1, 0.15) is 0 Å². The maximum absolute atomic E-state index is 12.0. The van der Waals surface area contributed by atoms with Gasteiger partial charge in [-0.05, 0) is 29.8 Å². The van der Waals surface area contributed by atoms with Gasteiger partial charge in [0, 0.05) is 35.0 Å². The summed E-state index contributed by atoms with van der Waals surface area (Å²) in [5.74, 6) is -0.804. The van der Waals surface area contributed by atoms with Crippen LogP contribution < -0.4 is 11.1 Å². The molecule has 6 heteroatoms. The third kappa shape index (κ3) is 5.31. The molecule has 2 rings (SSSR count). The van der Waals surface area contributed by atoms with Crippen LogP contribution in [0.5, 0.6) is 0 Å². The molecule has 0 spiro atoms. The van der Waals surface area contributed by atoms with Crippen LogP contribution in [0.25, 0.3) is 0 Å². The van der Waals surface area contributed by atoms with Gasteiger partial charge in [-0.2, -0.15) is 0 Å². The van der Waals surface area contributed by atoms with Crippen molar-refractivity contribution in [2.45, 2.75) is 19.4 Å². The highest BCUT2D eigenvalue weighted by atomic mass is 79.9. The summed E-state index contributed by atoms with van der Waals surface area (Å²) in [6.45, 7) is 0.284. The van der Waals surface area contributed by atoms with Gasteiger partial charge in [0.05, 0.1) is 0 Å². The van der Waals surface area contributed by atoms with Crippen LogP contribution in [0.1, 0.15) is 39.1 Å². The smallest absolute Gasteiger partial charge is 0.248 e. The maximum atomic E-state index is 12.0. The minimum absolute atomic E-state index is 0.0756. The molecule has 0 unspecified atom stereocenters. The number of rotatable bonds is 7. The Morgan fingerprint density at radius 2 is 1.67 bits per heavy atom. The first-order chi connectivity index (χ1) is 11.5. The summed E-state index contributed by atoms with van der Waals surface area (Å²) >= 11 is 3.31. The summed E-state index contributed by atoms with van der Waals surface area (Å²) in [6, 6.07) is 13.8. The lowest BCUT2D eigenvalue weighted by molar-refractivity contribution is -0.121. The molecule has 0 atom stereocenters. The van der Waals surface area contributed by atoms with E-state index in [1.54, 1.807) is 48.5 Å². The minimum Gasteiger partial charge on any atom is -0.366 e. The summed E-state index contributed by atoms with van der Waals surface area (Å²) in [7, 11) is 0. The van der Waals surface area contributed by atoms with Gasteiger partial charge in [-0.25, -0.2) is 0 Å². The number of carbonyl (C=O) groups is 3. The quantitative estimate of drug-likeness (QED) is 0.714. The first kappa shape index (κ1) is 17.9. The van der Waals surface area contributed by atoms with Crippen molar-refractivity contribution in [3.05, 3.63) is 69.7 Å². The molecule has 0 heterocycles. The number of nitrogens with one attached hydrogen (secondary N) is 1. The van der Waals surface area contributed by atoms with Crippen molar-refractivity contribution in [1.29, 1.82) is 0 Å². The van der Waals surface area contributed by atoms with E-state index < -0.39 is 5.91 Å². The van der Waals surface area contributed by atoms with E-state index in [9.17, 15) is 14.4 Å². The molecule has 2 aromatic carbocycles. The van der Waals surface area contributed by atoms with Gasteiger partial charge in [0.15, 0.2) is 5.78 Å². The van der Waals surface area contributed by atoms with Crippen molar-refractivity contribution in [1.82, 2.24) is 5.32 Å². The number of hydrogen-bond donors (Lipinski definition) is 2. The van der Waals surface area contributed by atoms with Crippen molar-refractivity contribution in [3.8, 4) is 0 Å². The normalized spacial score (nSPS) is 10.2. The average molecular weight is 389 g/mol.